The van der Waals surface area contributed by atoms with E-state index >= 15 is 0 Å². The van der Waals surface area contributed by atoms with E-state index in [4.69, 9.17) is 11.6 Å². The summed E-state index contributed by atoms with van der Waals surface area (Å²) in [6.45, 7) is 0. The number of nitriles is 1. The van der Waals surface area contributed by atoms with Crippen LogP contribution in [0, 0.1) is 17.2 Å². The molecule has 1 nitrogen and oxygen atoms in total. The highest BCUT2D eigenvalue weighted by molar-refractivity contribution is 6.21. The summed E-state index contributed by atoms with van der Waals surface area (Å²) in [5, 5.41) is 9.48. The van der Waals surface area contributed by atoms with Crippen LogP contribution in [0.1, 0.15) is 39.5 Å². The number of hydrogen-bond acceptors (Lipinski definition) is 1. The Labute approximate surface area is 117 Å². The van der Waals surface area contributed by atoms with Gasteiger partial charge in [0.15, 0.2) is 0 Å². The first-order valence-corrected chi connectivity index (χ1v) is 6.98. The maximum atomic E-state index is 9.58. The standard InChI is InChI=1S/C17H12ClN/c18-17-13-8-4-3-7-12(13)15-10-5-1-2-6-11(10)16(17)14(15)9-19/h1-8,14-17H/t14-,15-,16-,17-/m0/s1. The SMILES string of the molecule is N#C[C@H]1[C@H]2c3ccccc3[C@@H]1[C@@H](Cl)c1ccccc12. The van der Waals surface area contributed by atoms with Gasteiger partial charge >= 0.3 is 0 Å². The second-order valence-electron chi connectivity index (χ2n) is 5.32. The fourth-order valence-corrected chi connectivity index (χ4v) is 4.28. The van der Waals surface area contributed by atoms with Gasteiger partial charge < -0.3 is 0 Å². The smallest absolute Gasteiger partial charge is 0.0672 e. The van der Waals surface area contributed by atoms with Crippen LogP contribution in [-0.2, 0) is 0 Å². The normalized spacial score (nSPS) is 30.3. The first kappa shape index (κ1) is 11.1. The van der Waals surface area contributed by atoms with Crippen molar-refractivity contribution < 1.29 is 0 Å². The highest BCUT2D eigenvalue weighted by Crippen LogP contribution is 2.61. The van der Waals surface area contributed by atoms with Crippen LogP contribution in [0.3, 0.4) is 0 Å². The molecule has 0 unspecified atom stereocenters. The van der Waals surface area contributed by atoms with Crippen molar-refractivity contribution in [3.05, 3.63) is 70.8 Å². The highest BCUT2D eigenvalue weighted by Gasteiger charge is 2.49. The molecule has 0 saturated carbocycles. The van der Waals surface area contributed by atoms with Crippen LogP contribution in [0.15, 0.2) is 48.5 Å². The van der Waals surface area contributed by atoms with Crippen molar-refractivity contribution in [1.29, 1.82) is 5.26 Å². The minimum atomic E-state index is -0.0965. The van der Waals surface area contributed by atoms with Crippen LogP contribution in [0.2, 0.25) is 0 Å². The predicted octanol–water partition coefficient (Wildman–Crippen LogP) is 4.35. The molecule has 0 aromatic heterocycles. The Hall–Kier alpha value is -1.78. The summed E-state index contributed by atoms with van der Waals surface area (Å²) in [4.78, 5) is 0. The summed E-state index contributed by atoms with van der Waals surface area (Å²) >= 11 is 6.69. The van der Waals surface area contributed by atoms with Gasteiger partial charge in [0.25, 0.3) is 0 Å². The van der Waals surface area contributed by atoms with Crippen LogP contribution in [0.5, 0.6) is 0 Å². The van der Waals surface area contributed by atoms with E-state index in [-0.39, 0.29) is 23.1 Å². The zero-order valence-electron chi connectivity index (χ0n) is 10.3. The van der Waals surface area contributed by atoms with E-state index in [9.17, 15) is 5.26 Å². The number of benzene rings is 2. The van der Waals surface area contributed by atoms with Gasteiger partial charge in [-0.15, -0.1) is 11.6 Å². The molecule has 0 spiro atoms. The highest BCUT2D eigenvalue weighted by atomic mass is 35.5. The number of fused-ring (bicyclic) bond motifs is 7. The Balaban J connectivity index is 2.05. The molecule has 4 rings (SSSR count). The monoisotopic (exact) mass is 265 g/mol. The molecule has 2 bridgehead atoms. The van der Waals surface area contributed by atoms with E-state index in [1.54, 1.807) is 0 Å². The summed E-state index contributed by atoms with van der Waals surface area (Å²) < 4.78 is 0. The van der Waals surface area contributed by atoms with Crippen molar-refractivity contribution in [3.8, 4) is 6.07 Å². The Bertz CT molecular complexity index is 700. The summed E-state index contributed by atoms with van der Waals surface area (Å²) in [6.07, 6.45) is 0. The molecule has 0 amide bonds. The largest absolute Gasteiger partial charge is 0.198 e. The Kier molecular flexibility index (Phi) is 2.25. The van der Waals surface area contributed by atoms with Gasteiger partial charge in [0.05, 0.1) is 17.4 Å². The molecule has 4 atom stereocenters. The lowest BCUT2D eigenvalue weighted by Gasteiger charge is -2.32. The molecule has 0 aliphatic heterocycles. The molecule has 2 aromatic rings. The van der Waals surface area contributed by atoms with E-state index in [2.05, 4.69) is 36.4 Å². The zero-order valence-corrected chi connectivity index (χ0v) is 11.0. The van der Waals surface area contributed by atoms with Gasteiger partial charge in [-0.05, 0) is 22.3 Å². The number of alkyl halides is 1. The predicted molar refractivity (Wildman–Crippen MR) is 75.2 cm³/mol. The molecule has 0 saturated heterocycles. The Morgan fingerprint density at radius 2 is 1.37 bits per heavy atom. The molecule has 2 heteroatoms. The number of hydrogen-bond donors (Lipinski definition) is 0. The molecule has 92 valence electrons. The van der Waals surface area contributed by atoms with Crippen LogP contribution in [-0.4, -0.2) is 0 Å². The van der Waals surface area contributed by atoms with Crippen LogP contribution in [0.4, 0.5) is 0 Å². The molecule has 0 N–H and O–H groups in total. The van der Waals surface area contributed by atoms with Crippen molar-refractivity contribution in [2.45, 2.75) is 17.2 Å². The van der Waals surface area contributed by atoms with Gasteiger partial charge in [0.1, 0.15) is 0 Å². The third-order valence-corrected chi connectivity index (χ3v) is 5.04. The van der Waals surface area contributed by atoms with E-state index in [1.165, 1.54) is 22.3 Å². The van der Waals surface area contributed by atoms with Gasteiger partial charge in [-0.25, -0.2) is 0 Å². The first-order valence-electron chi connectivity index (χ1n) is 6.54. The van der Waals surface area contributed by atoms with Crippen LogP contribution >= 0.6 is 11.6 Å². The van der Waals surface area contributed by atoms with Crippen LogP contribution in [0.25, 0.3) is 0 Å². The van der Waals surface area contributed by atoms with Gasteiger partial charge in [-0.1, -0.05) is 48.5 Å². The van der Waals surface area contributed by atoms with E-state index in [1.807, 2.05) is 18.2 Å². The average molecular weight is 266 g/mol. The fourth-order valence-electron chi connectivity index (χ4n) is 3.79. The summed E-state index contributed by atoms with van der Waals surface area (Å²) in [7, 11) is 0. The maximum Gasteiger partial charge on any atom is 0.0672 e. The van der Waals surface area contributed by atoms with Crippen molar-refractivity contribution >= 4 is 11.6 Å². The average Bonchev–Trinajstić information content (AvgIpc) is 2.75. The van der Waals surface area contributed by atoms with Gasteiger partial charge in [0.2, 0.25) is 0 Å². The minimum Gasteiger partial charge on any atom is -0.198 e. The Morgan fingerprint density at radius 3 is 2.00 bits per heavy atom. The summed E-state index contributed by atoms with van der Waals surface area (Å²) in [5.41, 5.74) is 4.97. The van der Waals surface area contributed by atoms with E-state index in [0.29, 0.717) is 0 Å². The van der Waals surface area contributed by atoms with E-state index < -0.39 is 0 Å². The number of nitrogens with zero attached hydrogens (tertiary/aromatic N) is 1. The fraction of sp³-hybridized carbons (Fsp3) is 0.235. The summed E-state index contributed by atoms with van der Waals surface area (Å²) in [5.74, 6) is 0.287. The molecular formula is C17H12ClN. The van der Waals surface area contributed by atoms with Crippen LogP contribution < -0.4 is 0 Å². The minimum absolute atomic E-state index is 0.0326. The molecular weight excluding hydrogens is 254 g/mol. The lowest BCUT2D eigenvalue weighted by molar-refractivity contribution is 0.472. The van der Waals surface area contributed by atoms with Gasteiger partial charge in [-0.3, -0.25) is 0 Å². The number of rotatable bonds is 0. The molecule has 0 heterocycles. The quantitative estimate of drug-likeness (QED) is 0.650. The molecule has 0 radical (unpaired) electrons. The molecule has 19 heavy (non-hydrogen) atoms. The molecule has 0 fully saturated rings. The van der Waals surface area contributed by atoms with Gasteiger partial charge in [0, 0.05) is 11.8 Å². The third kappa shape index (κ3) is 1.30. The van der Waals surface area contributed by atoms with Gasteiger partial charge in [-0.2, -0.15) is 5.26 Å². The lowest BCUT2D eigenvalue weighted by atomic mass is 9.73. The number of halogens is 1. The zero-order chi connectivity index (χ0) is 13.0. The van der Waals surface area contributed by atoms with Crippen molar-refractivity contribution in [2.24, 2.45) is 5.92 Å². The van der Waals surface area contributed by atoms with Crippen molar-refractivity contribution in [2.75, 3.05) is 0 Å². The molecule has 2 aliphatic carbocycles. The second-order valence-corrected chi connectivity index (χ2v) is 5.79. The third-order valence-electron chi connectivity index (χ3n) is 4.53. The maximum absolute atomic E-state index is 9.58. The topological polar surface area (TPSA) is 23.8 Å². The first-order chi connectivity index (χ1) is 9.33. The summed E-state index contributed by atoms with van der Waals surface area (Å²) in [6, 6.07) is 19.2. The lowest BCUT2D eigenvalue weighted by Crippen LogP contribution is -2.22. The molecule has 2 aliphatic rings. The van der Waals surface area contributed by atoms with E-state index in [0.717, 1.165) is 0 Å². The van der Waals surface area contributed by atoms with Crippen molar-refractivity contribution in [3.63, 3.8) is 0 Å². The molecule has 2 aromatic carbocycles. The van der Waals surface area contributed by atoms with Crippen molar-refractivity contribution in [1.82, 2.24) is 0 Å². The second kappa shape index (κ2) is 3.85. The Morgan fingerprint density at radius 1 is 0.842 bits per heavy atom.